The van der Waals surface area contributed by atoms with Gasteiger partial charge in [0.05, 0.1) is 17.3 Å². The molecule has 1 aliphatic carbocycles. The normalized spacial score (nSPS) is 30.3. The number of hydrogen-bond acceptors (Lipinski definition) is 3. The molecule has 1 atom stereocenters. The van der Waals surface area contributed by atoms with Gasteiger partial charge >= 0.3 is 0 Å². The number of ether oxygens (including phenoxy) is 1. The summed E-state index contributed by atoms with van der Waals surface area (Å²) in [6.45, 7) is 2.33. The van der Waals surface area contributed by atoms with Gasteiger partial charge in [-0.3, -0.25) is 4.68 Å². The molecule has 1 unspecified atom stereocenters. The van der Waals surface area contributed by atoms with Crippen molar-refractivity contribution >= 4 is 0 Å². The van der Waals surface area contributed by atoms with E-state index in [9.17, 15) is 0 Å². The molecule has 1 aromatic rings. The van der Waals surface area contributed by atoms with Gasteiger partial charge in [0, 0.05) is 20.4 Å². The Kier molecular flexibility index (Phi) is 4.07. The summed E-state index contributed by atoms with van der Waals surface area (Å²) in [5, 5.41) is 7.72. The van der Waals surface area contributed by atoms with Gasteiger partial charge in [-0.2, -0.15) is 5.10 Å². The maximum atomic E-state index is 5.96. The van der Waals surface area contributed by atoms with Crippen LogP contribution in [0, 0.1) is 5.92 Å². The average Bonchev–Trinajstić information content (AvgIpc) is 2.79. The Bertz CT molecular complexity index is 380. The molecule has 1 heterocycles. The van der Waals surface area contributed by atoms with E-state index in [1.165, 1.54) is 18.5 Å². The first-order valence-corrected chi connectivity index (χ1v) is 6.83. The quantitative estimate of drug-likeness (QED) is 0.892. The summed E-state index contributed by atoms with van der Waals surface area (Å²) in [5.41, 5.74) is 1.11. The molecule has 0 saturated heterocycles. The molecule has 4 nitrogen and oxygen atoms in total. The minimum absolute atomic E-state index is 0.0882. The van der Waals surface area contributed by atoms with Crippen LogP contribution in [0.1, 0.15) is 44.3 Å². The van der Waals surface area contributed by atoms with Gasteiger partial charge in [0.1, 0.15) is 0 Å². The van der Waals surface area contributed by atoms with Crippen LogP contribution in [0.5, 0.6) is 0 Å². The van der Waals surface area contributed by atoms with Crippen molar-refractivity contribution in [3.8, 4) is 0 Å². The van der Waals surface area contributed by atoms with Crippen LogP contribution in [0.4, 0.5) is 0 Å². The molecule has 0 amide bonds. The third kappa shape index (κ3) is 2.31. The van der Waals surface area contributed by atoms with E-state index in [0.717, 1.165) is 18.8 Å². The number of nitrogens with zero attached hydrogens (tertiary/aromatic N) is 2. The topological polar surface area (TPSA) is 39.1 Å². The molecular weight excluding hydrogens is 226 g/mol. The molecule has 0 aromatic carbocycles. The van der Waals surface area contributed by atoms with Crippen molar-refractivity contribution in [3.63, 3.8) is 0 Å². The summed E-state index contributed by atoms with van der Waals surface area (Å²) in [5.74, 6) is 0.817. The fraction of sp³-hybridized carbons (Fsp3) is 0.786. The van der Waals surface area contributed by atoms with E-state index in [2.05, 4.69) is 23.4 Å². The van der Waals surface area contributed by atoms with Crippen LogP contribution in [0.3, 0.4) is 0 Å². The van der Waals surface area contributed by atoms with Crippen LogP contribution in [0.2, 0.25) is 0 Å². The third-order valence-electron chi connectivity index (χ3n) is 4.50. The largest absolute Gasteiger partial charge is 0.376 e. The van der Waals surface area contributed by atoms with Crippen molar-refractivity contribution in [1.82, 2.24) is 15.1 Å². The van der Waals surface area contributed by atoms with Crippen LogP contribution in [-0.2, 0) is 11.8 Å². The standard InChI is InChI=1S/C14H25N3O/c1-11-5-8-14(18-4,9-6-11)13(15-2)12-7-10-16-17(12)3/h7,10-11,13,15H,5-6,8-9H2,1-4H3. The van der Waals surface area contributed by atoms with E-state index in [1.54, 1.807) is 0 Å². The second-order valence-electron chi connectivity index (χ2n) is 5.55. The molecule has 18 heavy (non-hydrogen) atoms. The van der Waals surface area contributed by atoms with Crippen LogP contribution >= 0.6 is 0 Å². The predicted molar refractivity (Wildman–Crippen MR) is 72.4 cm³/mol. The minimum atomic E-state index is -0.0882. The van der Waals surface area contributed by atoms with Crippen molar-refractivity contribution in [2.75, 3.05) is 14.2 Å². The average molecular weight is 251 g/mol. The van der Waals surface area contributed by atoms with Crippen LogP contribution in [-0.4, -0.2) is 29.5 Å². The summed E-state index contributed by atoms with van der Waals surface area (Å²) < 4.78 is 7.90. The summed E-state index contributed by atoms with van der Waals surface area (Å²) in [6, 6.07) is 2.29. The summed E-state index contributed by atoms with van der Waals surface area (Å²) in [6.07, 6.45) is 6.56. The Morgan fingerprint density at radius 3 is 2.61 bits per heavy atom. The zero-order chi connectivity index (χ0) is 13.2. The predicted octanol–water partition coefficient (Wildman–Crippen LogP) is 2.28. The first-order chi connectivity index (χ1) is 8.63. The van der Waals surface area contributed by atoms with E-state index < -0.39 is 0 Å². The number of hydrogen-bond donors (Lipinski definition) is 1. The fourth-order valence-electron chi connectivity index (χ4n) is 3.21. The molecule has 0 aliphatic heterocycles. The number of aromatic nitrogens is 2. The zero-order valence-electron chi connectivity index (χ0n) is 11.9. The van der Waals surface area contributed by atoms with Gasteiger partial charge in [0.15, 0.2) is 0 Å². The lowest BCUT2D eigenvalue weighted by Gasteiger charge is -2.43. The molecule has 102 valence electrons. The number of aryl methyl sites for hydroxylation is 1. The molecule has 1 fully saturated rings. The minimum Gasteiger partial charge on any atom is -0.376 e. The van der Waals surface area contributed by atoms with E-state index >= 15 is 0 Å². The second kappa shape index (κ2) is 5.41. The molecule has 0 spiro atoms. The lowest BCUT2D eigenvalue weighted by molar-refractivity contribution is -0.0761. The van der Waals surface area contributed by atoms with Gasteiger partial charge in [-0.1, -0.05) is 6.92 Å². The van der Waals surface area contributed by atoms with E-state index in [4.69, 9.17) is 4.74 Å². The highest BCUT2D eigenvalue weighted by atomic mass is 16.5. The Morgan fingerprint density at radius 2 is 2.17 bits per heavy atom. The van der Waals surface area contributed by atoms with Gasteiger partial charge in [0.25, 0.3) is 0 Å². The highest BCUT2D eigenvalue weighted by molar-refractivity contribution is 5.14. The summed E-state index contributed by atoms with van der Waals surface area (Å²) >= 11 is 0. The molecule has 1 saturated carbocycles. The smallest absolute Gasteiger partial charge is 0.0887 e. The van der Waals surface area contributed by atoms with Crippen LogP contribution in [0.15, 0.2) is 12.3 Å². The lowest BCUT2D eigenvalue weighted by atomic mass is 9.74. The van der Waals surface area contributed by atoms with E-state index in [0.29, 0.717) is 0 Å². The van der Waals surface area contributed by atoms with Crippen LogP contribution < -0.4 is 5.32 Å². The molecule has 1 N–H and O–H groups in total. The van der Waals surface area contributed by atoms with Gasteiger partial charge in [-0.25, -0.2) is 0 Å². The van der Waals surface area contributed by atoms with Gasteiger partial charge < -0.3 is 10.1 Å². The first-order valence-electron chi connectivity index (χ1n) is 6.83. The number of rotatable bonds is 4. The van der Waals surface area contributed by atoms with Crippen molar-refractivity contribution in [1.29, 1.82) is 0 Å². The summed E-state index contributed by atoms with van der Waals surface area (Å²) in [4.78, 5) is 0. The Balaban J connectivity index is 2.27. The molecular formula is C14H25N3O. The first kappa shape index (κ1) is 13.6. The maximum Gasteiger partial charge on any atom is 0.0887 e. The van der Waals surface area contributed by atoms with Crippen molar-refractivity contribution in [2.24, 2.45) is 13.0 Å². The van der Waals surface area contributed by atoms with Gasteiger partial charge in [-0.05, 0) is 44.7 Å². The number of methoxy groups -OCH3 is 1. The molecule has 4 heteroatoms. The van der Waals surface area contributed by atoms with E-state index in [-0.39, 0.29) is 11.6 Å². The molecule has 1 aliphatic rings. The van der Waals surface area contributed by atoms with Gasteiger partial charge in [-0.15, -0.1) is 0 Å². The van der Waals surface area contributed by atoms with Crippen molar-refractivity contribution in [3.05, 3.63) is 18.0 Å². The fourth-order valence-corrected chi connectivity index (χ4v) is 3.21. The van der Waals surface area contributed by atoms with Crippen molar-refractivity contribution in [2.45, 2.75) is 44.2 Å². The Hall–Kier alpha value is -0.870. The maximum absolute atomic E-state index is 5.96. The summed E-state index contributed by atoms with van der Waals surface area (Å²) in [7, 11) is 5.85. The van der Waals surface area contributed by atoms with E-state index in [1.807, 2.05) is 32.1 Å². The molecule has 1 aromatic heterocycles. The molecule has 2 rings (SSSR count). The van der Waals surface area contributed by atoms with Crippen molar-refractivity contribution < 1.29 is 4.74 Å². The molecule has 0 radical (unpaired) electrons. The van der Waals surface area contributed by atoms with Crippen LogP contribution in [0.25, 0.3) is 0 Å². The Morgan fingerprint density at radius 1 is 1.50 bits per heavy atom. The highest BCUT2D eigenvalue weighted by Gasteiger charge is 2.42. The van der Waals surface area contributed by atoms with Gasteiger partial charge in [0.2, 0.25) is 0 Å². The zero-order valence-corrected chi connectivity index (χ0v) is 11.9. The Labute approximate surface area is 110 Å². The number of likely N-dealkylation sites (N-methyl/N-ethyl adjacent to an activating group) is 1. The highest BCUT2D eigenvalue weighted by Crippen LogP contribution is 2.42. The second-order valence-corrected chi connectivity index (χ2v) is 5.55. The SMILES string of the molecule is CNC(c1ccnn1C)C1(OC)CCC(C)CC1. The third-order valence-corrected chi connectivity index (χ3v) is 4.50. The lowest BCUT2D eigenvalue weighted by Crippen LogP contribution is -2.47. The monoisotopic (exact) mass is 251 g/mol. The molecule has 0 bridgehead atoms. The number of nitrogens with one attached hydrogen (secondary N) is 1.